The average Bonchev–Trinajstić information content (AvgIpc) is 2.79. The highest BCUT2D eigenvalue weighted by atomic mass is 16.3. The summed E-state index contributed by atoms with van der Waals surface area (Å²) in [4.78, 5) is 26.5. The van der Waals surface area contributed by atoms with Crippen molar-refractivity contribution in [2.45, 2.75) is 59.5 Å². The van der Waals surface area contributed by atoms with Gasteiger partial charge in [-0.1, -0.05) is 45.9 Å². The number of aromatic nitrogens is 1. The summed E-state index contributed by atoms with van der Waals surface area (Å²) in [7, 11) is 0. The second-order valence-electron chi connectivity index (χ2n) is 10.9. The molecule has 0 aliphatic carbocycles. The molecule has 5 N–H and O–H groups in total. The van der Waals surface area contributed by atoms with Gasteiger partial charge in [0.2, 0.25) is 11.5 Å². The van der Waals surface area contributed by atoms with Crippen LogP contribution in [-0.2, 0) is 11.2 Å². The first kappa shape index (κ1) is 27.4. The number of phenolic OH excluding ortho intramolecular Hbond substituents is 1. The number of aryl methyl sites for hydroxylation is 1. The number of aliphatic hydroxyl groups is 1. The predicted octanol–water partition coefficient (Wildman–Crippen LogP) is 4.89. The van der Waals surface area contributed by atoms with Gasteiger partial charge in [-0.15, -0.1) is 0 Å². The van der Waals surface area contributed by atoms with Crippen LogP contribution in [0.3, 0.4) is 0 Å². The van der Waals surface area contributed by atoms with E-state index in [1.807, 2.05) is 24.3 Å². The number of H-pyrrole nitrogens is 1. The Kier molecular flexibility index (Phi) is 9.29. The van der Waals surface area contributed by atoms with Crippen molar-refractivity contribution >= 4 is 22.5 Å². The maximum Gasteiger partial charge on any atom is 0.248 e. The van der Waals surface area contributed by atoms with Crippen LogP contribution in [0.5, 0.6) is 5.75 Å². The van der Waals surface area contributed by atoms with E-state index in [9.17, 15) is 19.8 Å². The SMILES string of the molecule is CC(CC(=O)Nc1ccc(CCCNCC(O)c2ccc(O)c3[nH]c(=O)ccc23)cc1)CC(C)(C)C. The first-order chi connectivity index (χ1) is 17.0. The molecule has 0 bridgehead atoms. The number of nitrogens with one attached hydrogen (secondary N) is 3. The predicted molar refractivity (Wildman–Crippen MR) is 145 cm³/mol. The number of aromatic hydroxyl groups is 1. The van der Waals surface area contributed by atoms with Crippen molar-refractivity contribution < 1.29 is 15.0 Å². The van der Waals surface area contributed by atoms with Gasteiger partial charge < -0.3 is 25.8 Å². The zero-order valence-corrected chi connectivity index (χ0v) is 21.7. The van der Waals surface area contributed by atoms with E-state index in [1.54, 1.807) is 12.1 Å². The van der Waals surface area contributed by atoms with Gasteiger partial charge in [0.25, 0.3) is 0 Å². The molecule has 1 heterocycles. The topological polar surface area (TPSA) is 114 Å². The lowest BCUT2D eigenvalue weighted by atomic mass is 9.84. The summed E-state index contributed by atoms with van der Waals surface area (Å²) < 4.78 is 0. The van der Waals surface area contributed by atoms with Crippen molar-refractivity contribution in [1.82, 2.24) is 10.3 Å². The molecule has 3 rings (SSSR count). The summed E-state index contributed by atoms with van der Waals surface area (Å²) in [5.41, 5.74) is 2.90. The number of pyridine rings is 1. The van der Waals surface area contributed by atoms with Crippen LogP contribution in [0.15, 0.2) is 53.3 Å². The molecule has 2 atom stereocenters. The summed E-state index contributed by atoms with van der Waals surface area (Å²) in [6.45, 7) is 9.79. The molecule has 2 unspecified atom stereocenters. The number of aromatic amines is 1. The van der Waals surface area contributed by atoms with Crippen LogP contribution in [0, 0.1) is 11.3 Å². The van der Waals surface area contributed by atoms with Gasteiger partial charge in [-0.05, 0) is 72.5 Å². The Morgan fingerprint density at radius 3 is 2.47 bits per heavy atom. The van der Waals surface area contributed by atoms with Gasteiger partial charge in [0.15, 0.2) is 0 Å². The third-order valence-electron chi connectivity index (χ3n) is 6.15. The number of carbonyl (C=O) groups excluding carboxylic acids is 1. The van der Waals surface area contributed by atoms with Crippen molar-refractivity contribution in [2.75, 3.05) is 18.4 Å². The molecule has 2 aromatic carbocycles. The van der Waals surface area contributed by atoms with E-state index in [0.29, 0.717) is 35.3 Å². The molecule has 36 heavy (non-hydrogen) atoms. The number of rotatable bonds is 11. The zero-order chi connectivity index (χ0) is 26.3. The monoisotopic (exact) mass is 493 g/mol. The zero-order valence-electron chi connectivity index (χ0n) is 21.7. The molecule has 0 aliphatic heterocycles. The molecule has 0 spiro atoms. The molecule has 3 aromatic rings. The van der Waals surface area contributed by atoms with Gasteiger partial charge in [0, 0.05) is 30.1 Å². The largest absolute Gasteiger partial charge is 0.506 e. The first-order valence-corrected chi connectivity index (χ1v) is 12.6. The molecule has 1 amide bonds. The highest BCUT2D eigenvalue weighted by Crippen LogP contribution is 2.28. The molecule has 0 saturated carbocycles. The molecular weight excluding hydrogens is 454 g/mol. The van der Waals surface area contributed by atoms with E-state index in [2.05, 4.69) is 43.3 Å². The molecular formula is C29H39N3O4. The molecule has 0 fully saturated rings. The molecule has 0 saturated heterocycles. The molecule has 0 aliphatic rings. The van der Waals surface area contributed by atoms with Crippen LogP contribution >= 0.6 is 0 Å². The maximum atomic E-state index is 12.3. The van der Waals surface area contributed by atoms with E-state index in [1.165, 1.54) is 17.7 Å². The Morgan fingerprint density at radius 1 is 1.06 bits per heavy atom. The molecule has 194 valence electrons. The maximum absolute atomic E-state index is 12.3. The second kappa shape index (κ2) is 12.2. The first-order valence-electron chi connectivity index (χ1n) is 12.6. The number of phenols is 1. The summed E-state index contributed by atoms with van der Waals surface area (Å²) >= 11 is 0. The molecule has 0 radical (unpaired) electrons. The Hall–Kier alpha value is -3.16. The molecule has 7 nitrogen and oxygen atoms in total. The standard InChI is InChI=1S/C29H39N3O4/c1-19(17-29(2,3)4)16-27(36)31-21-9-7-20(8-10-21)6-5-15-30-18-25(34)22-11-13-24(33)28-23(22)12-14-26(35)32-28/h7-14,19,25,30,33-34H,5-6,15-18H2,1-4H3,(H,31,36)(H,32,35). The fraction of sp³-hybridized carbons (Fsp3) is 0.448. The van der Waals surface area contributed by atoms with Crippen molar-refractivity contribution in [2.24, 2.45) is 11.3 Å². The number of benzene rings is 2. The quantitative estimate of drug-likeness (QED) is 0.244. The van der Waals surface area contributed by atoms with Gasteiger partial charge in [0.05, 0.1) is 11.6 Å². The lowest BCUT2D eigenvalue weighted by Crippen LogP contribution is -2.23. The van der Waals surface area contributed by atoms with Crippen LogP contribution in [0.1, 0.15) is 64.2 Å². The number of anilines is 1. The van der Waals surface area contributed by atoms with E-state index >= 15 is 0 Å². The third kappa shape index (κ3) is 8.21. The van der Waals surface area contributed by atoms with E-state index < -0.39 is 6.10 Å². The fourth-order valence-electron chi connectivity index (χ4n) is 4.72. The van der Waals surface area contributed by atoms with Gasteiger partial charge in [-0.25, -0.2) is 0 Å². The smallest absolute Gasteiger partial charge is 0.248 e. The van der Waals surface area contributed by atoms with Crippen LogP contribution in [0.25, 0.3) is 10.9 Å². The fourth-order valence-corrected chi connectivity index (χ4v) is 4.72. The Labute approximate surface area is 213 Å². The number of amides is 1. The summed E-state index contributed by atoms with van der Waals surface area (Å²) in [6, 6.07) is 14.1. The Bertz CT molecular complexity index is 1210. The van der Waals surface area contributed by atoms with Crippen molar-refractivity contribution in [3.8, 4) is 5.75 Å². The number of hydrogen-bond donors (Lipinski definition) is 5. The normalized spacial score (nSPS) is 13.5. The minimum absolute atomic E-state index is 0.0210. The van der Waals surface area contributed by atoms with E-state index in [-0.39, 0.29) is 22.6 Å². The van der Waals surface area contributed by atoms with E-state index in [0.717, 1.165) is 31.5 Å². The third-order valence-corrected chi connectivity index (χ3v) is 6.15. The molecule has 7 heteroatoms. The Morgan fingerprint density at radius 2 is 1.78 bits per heavy atom. The summed E-state index contributed by atoms with van der Waals surface area (Å²) in [5, 5.41) is 27.5. The van der Waals surface area contributed by atoms with Gasteiger partial charge in [-0.3, -0.25) is 9.59 Å². The lowest BCUT2D eigenvalue weighted by molar-refractivity contribution is -0.117. The average molecular weight is 494 g/mol. The second-order valence-corrected chi connectivity index (χ2v) is 10.9. The number of hydrogen-bond acceptors (Lipinski definition) is 5. The molecule has 1 aromatic heterocycles. The van der Waals surface area contributed by atoms with E-state index in [4.69, 9.17) is 0 Å². The van der Waals surface area contributed by atoms with Crippen LogP contribution < -0.4 is 16.2 Å². The van der Waals surface area contributed by atoms with Crippen molar-refractivity contribution in [3.63, 3.8) is 0 Å². The summed E-state index contributed by atoms with van der Waals surface area (Å²) in [6.07, 6.45) is 2.54. The van der Waals surface area contributed by atoms with Gasteiger partial charge in [0.1, 0.15) is 5.75 Å². The van der Waals surface area contributed by atoms with Crippen LogP contribution in [-0.4, -0.2) is 34.2 Å². The van der Waals surface area contributed by atoms with Gasteiger partial charge in [-0.2, -0.15) is 0 Å². The highest BCUT2D eigenvalue weighted by Gasteiger charge is 2.18. The highest BCUT2D eigenvalue weighted by molar-refractivity contribution is 5.90. The number of fused-ring (bicyclic) bond motifs is 1. The van der Waals surface area contributed by atoms with Gasteiger partial charge >= 0.3 is 0 Å². The lowest BCUT2D eigenvalue weighted by Gasteiger charge is -2.22. The van der Waals surface area contributed by atoms with Crippen LogP contribution in [0.4, 0.5) is 5.69 Å². The minimum atomic E-state index is -0.770. The summed E-state index contributed by atoms with van der Waals surface area (Å²) in [5.74, 6) is 0.370. The van der Waals surface area contributed by atoms with Crippen molar-refractivity contribution in [3.05, 3.63) is 70.0 Å². The number of aliphatic hydroxyl groups excluding tert-OH is 1. The minimum Gasteiger partial charge on any atom is -0.506 e. The number of carbonyl (C=O) groups is 1. The van der Waals surface area contributed by atoms with Crippen LogP contribution in [0.2, 0.25) is 0 Å². The Balaban J connectivity index is 1.41. The van der Waals surface area contributed by atoms with Crippen molar-refractivity contribution in [1.29, 1.82) is 0 Å².